The summed E-state index contributed by atoms with van der Waals surface area (Å²) in [7, 11) is 0. The second kappa shape index (κ2) is 7.88. The lowest BCUT2D eigenvalue weighted by Crippen LogP contribution is -2.17. The number of aromatic nitrogens is 4. The molecule has 0 amide bonds. The molecule has 3 aromatic heterocycles. The Morgan fingerprint density at radius 1 is 0.971 bits per heavy atom. The third-order valence-electron chi connectivity index (χ3n) is 6.26. The average Bonchev–Trinajstić information content (AvgIpc) is 3.56. The normalized spacial score (nSPS) is 17.4. The zero-order valence-electron chi connectivity index (χ0n) is 18.9. The van der Waals surface area contributed by atoms with E-state index in [4.69, 9.17) is 14.3 Å². The summed E-state index contributed by atoms with van der Waals surface area (Å²) in [5, 5.41) is 5.73. The lowest BCUT2D eigenvalue weighted by atomic mass is 10.0. The highest BCUT2D eigenvalue weighted by Crippen LogP contribution is 2.39. The summed E-state index contributed by atoms with van der Waals surface area (Å²) < 4.78 is 27.6. The van der Waals surface area contributed by atoms with E-state index in [1.807, 2.05) is 47.3 Å². The van der Waals surface area contributed by atoms with Gasteiger partial charge in [0.1, 0.15) is 23.6 Å². The van der Waals surface area contributed by atoms with Crippen LogP contribution in [-0.4, -0.2) is 32.0 Å². The number of halogens is 1. The average molecular weight is 455 g/mol. The van der Waals surface area contributed by atoms with Crippen molar-refractivity contribution < 1.29 is 13.5 Å². The van der Waals surface area contributed by atoms with Crippen molar-refractivity contribution in [1.29, 1.82) is 0 Å². The molecule has 1 aliphatic heterocycles. The summed E-state index contributed by atoms with van der Waals surface area (Å²) in [6, 6.07) is 18.3. The molecule has 0 spiro atoms. The number of benzene rings is 2. The Balaban J connectivity index is 1.52. The SMILES string of the molecule is CC1(C)C[C@H](n2cc(-c3ncnc4oc(-c5ccccc5)cc34)c(-c3ccc(F)cc3)n2)CO1. The van der Waals surface area contributed by atoms with Crippen molar-refractivity contribution in [3.05, 3.63) is 79.0 Å². The van der Waals surface area contributed by atoms with Gasteiger partial charge in [-0.15, -0.1) is 0 Å². The number of fused-ring (bicyclic) bond motifs is 1. The van der Waals surface area contributed by atoms with E-state index in [9.17, 15) is 4.39 Å². The number of hydrogen-bond acceptors (Lipinski definition) is 5. The Labute approximate surface area is 196 Å². The summed E-state index contributed by atoms with van der Waals surface area (Å²) in [5.41, 5.74) is 4.37. The number of furan rings is 1. The molecule has 1 aliphatic rings. The summed E-state index contributed by atoms with van der Waals surface area (Å²) in [5.74, 6) is 0.432. The van der Waals surface area contributed by atoms with Crippen molar-refractivity contribution in [3.8, 4) is 33.8 Å². The maximum atomic E-state index is 13.7. The molecule has 0 radical (unpaired) electrons. The maximum Gasteiger partial charge on any atom is 0.230 e. The molecule has 0 saturated carbocycles. The Hall–Kier alpha value is -3.84. The minimum absolute atomic E-state index is 0.101. The van der Waals surface area contributed by atoms with Crippen LogP contribution in [0.2, 0.25) is 0 Å². The zero-order chi connectivity index (χ0) is 23.3. The second-order valence-corrected chi connectivity index (χ2v) is 9.22. The van der Waals surface area contributed by atoms with E-state index in [2.05, 4.69) is 23.8 Å². The van der Waals surface area contributed by atoms with Crippen LogP contribution in [-0.2, 0) is 4.74 Å². The summed E-state index contributed by atoms with van der Waals surface area (Å²) >= 11 is 0. The molecule has 0 N–H and O–H groups in total. The van der Waals surface area contributed by atoms with Crippen LogP contribution >= 0.6 is 0 Å². The van der Waals surface area contributed by atoms with E-state index in [-0.39, 0.29) is 17.5 Å². The zero-order valence-corrected chi connectivity index (χ0v) is 18.9. The van der Waals surface area contributed by atoms with E-state index in [0.29, 0.717) is 12.3 Å². The summed E-state index contributed by atoms with van der Waals surface area (Å²) in [6.45, 7) is 4.76. The summed E-state index contributed by atoms with van der Waals surface area (Å²) in [4.78, 5) is 8.98. The van der Waals surface area contributed by atoms with Crippen LogP contribution in [0, 0.1) is 5.82 Å². The highest BCUT2D eigenvalue weighted by molar-refractivity contribution is 5.95. The number of hydrogen-bond donors (Lipinski definition) is 0. The Kier molecular flexibility index (Phi) is 4.81. The van der Waals surface area contributed by atoms with Gasteiger partial charge in [-0.05, 0) is 44.2 Å². The van der Waals surface area contributed by atoms with Gasteiger partial charge >= 0.3 is 0 Å². The first-order valence-electron chi connectivity index (χ1n) is 11.3. The Morgan fingerprint density at radius 2 is 1.76 bits per heavy atom. The van der Waals surface area contributed by atoms with Crippen molar-refractivity contribution in [1.82, 2.24) is 19.7 Å². The lowest BCUT2D eigenvalue weighted by molar-refractivity contribution is 0.0350. The maximum absolute atomic E-state index is 13.7. The van der Waals surface area contributed by atoms with E-state index < -0.39 is 0 Å². The molecule has 0 unspecified atom stereocenters. The van der Waals surface area contributed by atoms with Gasteiger partial charge < -0.3 is 9.15 Å². The van der Waals surface area contributed by atoms with Crippen molar-refractivity contribution >= 4 is 11.1 Å². The molecule has 5 aromatic rings. The molecule has 170 valence electrons. The van der Waals surface area contributed by atoms with Gasteiger partial charge in [-0.1, -0.05) is 30.3 Å². The molecular weight excluding hydrogens is 431 g/mol. The van der Waals surface area contributed by atoms with Crippen LogP contribution in [0.25, 0.3) is 44.9 Å². The van der Waals surface area contributed by atoms with Gasteiger partial charge in [0.05, 0.1) is 29.3 Å². The van der Waals surface area contributed by atoms with Gasteiger partial charge in [0.25, 0.3) is 0 Å². The molecule has 1 atom stereocenters. The lowest BCUT2D eigenvalue weighted by Gasteiger charge is -2.15. The number of rotatable bonds is 4. The Bertz CT molecular complexity index is 1470. The van der Waals surface area contributed by atoms with Crippen LogP contribution in [0.3, 0.4) is 0 Å². The van der Waals surface area contributed by atoms with Crippen LogP contribution in [0.5, 0.6) is 0 Å². The predicted molar refractivity (Wildman–Crippen MR) is 128 cm³/mol. The fourth-order valence-electron chi connectivity index (χ4n) is 4.56. The second-order valence-electron chi connectivity index (χ2n) is 9.22. The fourth-order valence-corrected chi connectivity index (χ4v) is 4.56. The first-order chi connectivity index (χ1) is 16.5. The van der Waals surface area contributed by atoms with Gasteiger partial charge in [0, 0.05) is 29.3 Å². The van der Waals surface area contributed by atoms with Crippen LogP contribution in [0.15, 0.2) is 77.6 Å². The van der Waals surface area contributed by atoms with Crippen LogP contribution < -0.4 is 0 Å². The minimum Gasteiger partial charge on any atom is -0.438 e. The first-order valence-corrected chi connectivity index (χ1v) is 11.3. The molecule has 0 aliphatic carbocycles. The topological polar surface area (TPSA) is 66.0 Å². The highest BCUT2D eigenvalue weighted by Gasteiger charge is 2.34. The first kappa shape index (κ1) is 20.7. The molecule has 1 saturated heterocycles. The third-order valence-corrected chi connectivity index (χ3v) is 6.26. The quantitative estimate of drug-likeness (QED) is 0.319. The predicted octanol–water partition coefficient (Wildman–Crippen LogP) is 6.30. The molecule has 7 heteroatoms. The highest BCUT2D eigenvalue weighted by atomic mass is 19.1. The summed E-state index contributed by atoms with van der Waals surface area (Å²) in [6.07, 6.45) is 4.36. The van der Waals surface area contributed by atoms with Crippen molar-refractivity contribution in [2.45, 2.75) is 31.9 Å². The Morgan fingerprint density at radius 3 is 2.50 bits per heavy atom. The van der Waals surface area contributed by atoms with Gasteiger partial charge in [0.2, 0.25) is 5.71 Å². The monoisotopic (exact) mass is 454 g/mol. The molecule has 1 fully saturated rings. The standard InChI is InChI=1S/C27H23FN4O2/c1-27(2)13-20(15-33-27)32-14-22(24(31-32)18-8-10-19(28)11-9-18)25-21-12-23(17-6-4-3-5-7-17)34-26(21)30-16-29-25/h3-12,14,16,20H,13,15H2,1-2H3/t20-/m0/s1. The smallest absolute Gasteiger partial charge is 0.230 e. The van der Waals surface area contributed by atoms with Gasteiger partial charge in [0.15, 0.2) is 0 Å². The van der Waals surface area contributed by atoms with Crippen LogP contribution in [0.4, 0.5) is 4.39 Å². The van der Waals surface area contributed by atoms with Crippen molar-refractivity contribution in [2.75, 3.05) is 6.61 Å². The fraction of sp³-hybridized carbons (Fsp3) is 0.222. The largest absolute Gasteiger partial charge is 0.438 e. The number of ether oxygens (including phenoxy) is 1. The molecule has 0 bridgehead atoms. The number of nitrogens with zero attached hydrogens (tertiary/aromatic N) is 4. The van der Waals surface area contributed by atoms with Gasteiger partial charge in [-0.3, -0.25) is 4.68 Å². The molecular formula is C27H23FN4O2. The van der Waals surface area contributed by atoms with Crippen molar-refractivity contribution in [3.63, 3.8) is 0 Å². The molecule has 4 heterocycles. The van der Waals surface area contributed by atoms with Crippen molar-refractivity contribution in [2.24, 2.45) is 0 Å². The third kappa shape index (κ3) is 3.68. The van der Waals surface area contributed by atoms with E-state index in [1.165, 1.54) is 18.5 Å². The molecule has 2 aromatic carbocycles. The molecule has 6 rings (SSSR count). The molecule has 34 heavy (non-hydrogen) atoms. The van der Waals surface area contributed by atoms with E-state index in [1.54, 1.807) is 12.1 Å². The van der Waals surface area contributed by atoms with E-state index >= 15 is 0 Å². The van der Waals surface area contributed by atoms with E-state index in [0.717, 1.165) is 45.6 Å². The van der Waals surface area contributed by atoms with Gasteiger partial charge in [-0.2, -0.15) is 5.10 Å². The van der Waals surface area contributed by atoms with Gasteiger partial charge in [-0.25, -0.2) is 14.4 Å². The molecule has 6 nitrogen and oxygen atoms in total. The minimum atomic E-state index is -0.289. The van der Waals surface area contributed by atoms with Crippen LogP contribution in [0.1, 0.15) is 26.3 Å².